The van der Waals surface area contributed by atoms with Gasteiger partial charge >= 0.3 is 0 Å². The number of aliphatic hydroxyl groups is 1. The molecule has 0 aromatic rings. The van der Waals surface area contributed by atoms with E-state index in [9.17, 15) is 9.90 Å². The lowest BCUT2D eigenvalue weighted by molar-refractivity contribution is -0.136. The Labute approximate surface area is 90.1 Å². The zero-order chi connectivity index (χ0) is 11.1. The molecule has 1 atom stereocenters. The maximum Gasteiger partial charge on any atom is 0.226 e. The van der Waals surface area contributed by atoms with Crippen LogP contribution in [0.1, 0.15) is 32.6 Å². The SMILES string of the molecule is C=C(O)C1C=CN(C(=O)CC)C12CCC2. The lowest BCUT2D eigenvalue weighted by atomic mass is 9.68. The summed E-state index contributed by atoms with van der Waals surface area (Å²) in [6.07, 6.45) is 7.29. The lowest BCUT2D eigenvalue weighted by Gasteiger charge is -2.49. The first-order valence-electron chi connectivity index (χ1n) is 5.50. The van der Waals surface area contributed by atoms with Gasteiger partial charge in [0, 0.05) is 12.6 Å². The van der Waals surface area contributed by atoms with Crippen LogP contribution in [-0.2, 0) is 4.79 Å². The molecule has 1 unspecified atom stereocenters. The monoisotopic (exact) mass is 207 g/mol. The van der Waals surface area contributed by atoms with E-state index >= 15 is 0 Å². The third kappa shape index (κ3) is 1.29. The molecule has 2 rings (SSSR count). The van der Waals surface area contributed by atoms with Crippen LogP contribution in [0.5, 0.6) is 0 Å². The molecule has 15 heavy (non-hydrogen) atoms. The summed E-state index contributed by atoms with van der Waals surface area (Å²) >= 11 is 0. The molecular formula is C12H17NO2. The molecule has 3 heteroatoms. The highest BCUT2D eigenvalue weighted by Crippen LogP contribution is 2.49. The van der Waals surface area contributed by atoms with Gasteiger partial charge in [-0.05, 0) is 19.3 Å². The molecule has 1 amide bonds. The number of rotatable bonds is 2. The second-order valence-electron chi connectivity index (χ2n) is 4.38. The van der Waals surface area contributed by atoms with E-state index < -0.39 is 0 Å². The number of carbonyl (C=O) groups excluding carboxylic acids is 1. The van der Waals surface area contributed by atoms with Gasteiger partial charge in [-0.2, -0.15) is 0 Å². The van der Waals surface area contributed by atoms with Crippen molar-refractivity contribution < 1.29 is 9.90 Å². The van der Waals surface area contributed by atoms with Crippen molar-refractivity contribution in [3.05, 3.63) is 24.6 Å². The van der Waals surface area contributed by atoms with Gasteiger partial charge in [-0.3, -0.25) is 4.79 Å². The predicted octanol–water partition coefficient (Wildman–Crippen LogP) is 2.36. The van der Waals surface area contributed by atoms with E-state index in [1.807, 2.05) is 24.1 Å². The van der Waals surface area contributed by atoms with Crippen LogP contribution in [0, 0.1) is 5.92 Å². The Kier molecular flexibility index (Phi) is 2.33. The van der Waals surface area contributed by atoms with E-state index in [1.165, 1.54) is 0 Å². The molecule has 0 bridgehead atoms. The van der Waals surface area contributed by atoms with Gasteiger partial charge in [0.1, 0.15) is 0 Å². The largest absolute Gasteiger partial charge is 0.512 e. The van der Waals surface area contributed by atoms with Gasteiger partial charge in [-0.25, -0.2) is 0 Å². The zero-order valence-electron chi connectivity index (χ0n) is 9.07. The van der Waals surface area contributed by atoms with Crippen molar-refractivity contribution in [2.24, 2.45) is 5.92 Å². The topological polar surface area (TPSA) is 40.5 Å². The highest BCUT2D eigenvalue weighted by Gasteiger charge is 2.52. The van der Waals surface area contributed by atoms with Gasteiger partial charge in [-0.15, -0.1) is 0 Å². The van der Waals surface area contributed by atoms with Crippen molar-refractivity contribution in [3.63, 3.8) is 0 Å². The van der Waals surface area contributed by atoms with Crippen LogP contribution >= 0.6 is 0 Å². The molecule has 82 valence electrons. The van der Waals surface area contributed by atoms with Crippen molar-refractivity contribution >= 4 is 5.91 Å². The van der Waals surface area contributed by atoms with Crippen LogP contribution in [0.3, 0.4) is 0 Å². The summed E-state index contributed by atoms with van der Waals surface area (Å²) in [7, 11) is 0. The normalized spacial score (nSPS) is 26.7. The second kappa shape index (κ2) is 3.40. The number of amides is 1. The van der Waals surface area contributed by atoms with Gasteiger partial charge in [-0.1, -0.05) is 19.6 Å². The molecule has 1 spiro atoms. The van der Waals surface area contributed by atoms with Gasteiger partial charge in [0.25, 0.3) is 0 Å². The van der Waals surface area contributed by atoms with E-state index in [4.69, 9.17) is 0 Å². The fraction of sp³-hybridized carbons (Fsp3) is 0.583. The molecule has 1 aliphatic carbocycles. The highest BCUT2D eigenvalue weighted by molar-refractivity contribution is 5.79. The average Bonchev–Trinajstić information content (AvgIpc) is 2.55. The average molecular weight is 207 g/mol. The number of hydrogen-bond donors (Lipinski definition) is 1. The summed E-state index contributed by atoms with van der Waals surface area (Å²) in [6.45, 7) is 5.47. The summed E-state index contributed by atoms with van der Waals surface area (Å²) in [6, 6.07) is 0. The smallest absolute Gasteiger partial charge is 0.226 e. The maximum absolute atomic E-state index is 11.8. The van der Waals surface area contributed by atoms with Crippen molar-refractivity contribution in [2.45, 2.75) is 38.1 Å². The lowest BCUT2D eigenvalue weighted by Crippen LogP contribution is -2.55. The summed E-state index contributed by atoms with van der Waals surface area (Å²) in [5.74, 6) is 0.244. The summed E-state index contributed by atoms with van der Waals surface area (Å²) < 4.78 is 0. The first-order valence-corrected chi connectivity index (χ1v) is 5.50. The molecular weight excluding hydrogens is 190 g/mol. The van der Waals surface area contributed by atoms with Gasteiger partial charge in [0.15, 0.2) is 0 Å². The predicted molar refractivity (Wildman–Crippen MR) is 58.1 cm³/mol. The molecule has 1 N–H and O–H groups in total. The van der Waals surface area contributed by atoms with Gasteiger partial charge < -0.3 is 10.0 Å². The molecule has 0 radical (unpaired) electrons. The molecule has 2 aliphatic rings. The van der Waals surface area contributed by atoms with Crippen molar-refractivity contribution in [1.29, 1.82) is 0 Å². The number of aliphatic hydroxyl groups excluding tert-OH is 1. The van der Waals surface area contributed by atoms with Crippen LogP contribution in [0.15, 0.2) is 24.6 Å². The molecule has 1 fully saturated rings. The molecule has 3 nitrogen and oxygen atoms in total. The Morgan fingerprint density at radius 1 is 1.67 bits per heavy atom. The molecule has 0 aromatic heterocycles. The number of hydrogen-bond acceptors (Lipinski definition) is 2. The summed E-state index contributed by atoms with van der Waals surface area (Å²) in [5, 5.41) is 9.54. The molecule has 1 heterocycles. The minimum Gasteiger partial charge on any atom is -0.512 e. The fourth-order valence-corrected chi connectivity index (χ4v) is 2.66. The second-order valence-corrected chi connectivity index (χ2v) is 4.38. The van der Waals surface area contributed by atoms with Crippen molar-refractivity contribution in [1.82, 2.24) is 4.90 Å². The first kappa shape index (κ1) is 10.3. The Bertz CT molecular complexity index is 329. The molecule has 0 saturated heterocycles. The van der Waals surface area contributed by atoms with Crippen LogP contribution in [-0.4, -0.2) is 21.5 Å². The summed E-state index contributed by atoms with van der Waals surface area (Å²) in [5.41, 5.74) is -0.182. The standard InChI is InChI=1S/C12H17NO2/c1-3-11(15)13-8-5-10(9(2)14)12(13)6-4-7-12/h5,8,10,14H,2-4,6-7H2,1H3. The van der Waals surface area contributed by atoms with E-state index in [2.05, 4.69) is 6.58 Å². The number of carbonyl (C=O) groups is 1. The zero-order valence-corrected chi connectivity index (χ0v) is 9.07. The Balaban J connectivity index is 2.26. The maximum atomic E-state index is 11.8. The number of nitrogens with zero attached hydrogens (tertiary/aromatic N) is 1. The van der Waals surface area contributed by atoms with Crippen molar-refractivity contribution in [3.8, 4) is 0 Å². The Hall–Kier alpha value is -1.25. The Morgan fingerprint density at radius 3 is 2.73 bits per heavy atom. The Morgan fingerprint density at radius 2 is 2.33 bits per heavy atom. The molecule has 1 aliphatic heterocycles. The van der Waals surface area contributed by atoms with E-state index in [0.29, 0.717) is 6.42 Å². The summed E-state index contributed by atoms with van der Waals surface area (Å²) in [4.78, 5) is 13.6. The van der Waals surface area contributed by atoms with Crippen LogP contribution in [0.4, 0.5) is 0 Å². The van der Waals surface area contributed by atoms with Crippen molar-refractivity contribution in [2.75, 3.05) is 0 Å². The van der Waals surface area contributed by atoms with Gasteiger partial charge in [0.05, 0.1) is 17.2 Å². The minimum absolute atomic E-state index is 0.0678. The fourth-order valence-electron chi connectivity index (χ4n) is 2.66. The van der Waals surface area contributed by atoms with E-state index in [-0.39, 0.29) is 23.1 Å². The molecule has 0 aromatic carbocycles. The minimum atomic E-state index is -0.182. The first-order chi connectivity index (χ1) is 7.12. The molecule has 1 saturated carbocycles. The third-order valence-electron chi connectivity index (χ3n) is 3.64. The van der Waals surface area contributed by atoms with E-state index in [0.717, 1.165) is 19.3 Å². The highest BCUT2D eigenvalue weighted by atomic mass is 16.3. The van der Waals surface area contributed by atoms with E-state index in [1.54, 1.807) is 0 Å². The van der Waals surface area contributed by atoms with Crippen LogP contribution in [0.25, 0.3) is 0 Å². The van der Waals surface area contributed by atoms with Crippen LogP contribution in [0.2, 0.25) is 0 Å². The van der Waals surface area contributed by atoms with Crippen LogP contribution < -0.4 is 0 Å². The quantitative estimate of drug-likeness (QED) is 0.706. The third-order valence-corrected chi connectivity index (χ3v) is 3.64. The van der Waals surface area contributed by atoms with Gasteiger partial charge in [0.2, 0.25) is 5.91 Å².